The van der Waals surface area contributed by atoms with Crippen LogP contribution in [0, 0.1) is 0 Å². The molecule has 3 aromatic carbocycles. The van der Waals surface area contributed by atoms with Crippen LogP contribution in [0.1, 0.15) is 63.8 Å². The first-order chi connectivity index (χ1) is 19.2. The van der Waals surface area contributed by atoms with Crippen molar-refractivity contribution in [3.8, 4) is 56.8 Å². The van der Waals surface area contributed by atoms with Crippen molar-refractivity contribution in [1.29, 1.82) is 0 Å². The van der Waals surface area contributed by atoms with E-state index >= 15 is 0 Å². The van der Waals surface area contributed by atoms with Crippen molar-refractivity contribution < 1.29 is 30.6 Å². The van der Waals surface area contributed by atoms with Crippen LogP contribution in [0.4, 0.5) is 11.4 Å². The summed E-state index contributed by atoms with van der Waals surface area (Å²) in [5.74, 6) is -2.68. The third kappa shape index (κ3) is 3.54. The number of hydrogen-bond donors (Lipinski definition) is 7. The first-order valence-electron chi connectivity index (χ1n) is 13.5. The molecule has 41 heavy (non-hydrogen) atoms. The lowest BCUT2D eigenvalue weighted by molar-refractivity contribution is 0.387. The van der Waals surface area contributed by atoms with E-state index in [1.807, 2.05) is 41.5 Å². The third-order valence-electron chi connectivity index (χ3n) is 8.04. The largest absolute Gasteiger partial charge is 0.504 e. The summed E-state index contributed by atoms with van der Waals surface area (Å²) in [6, 6.07) is 1.67. The molecule has 0 unspecified atom stereocenters. The minimum absolute atomic E-state index is 0.0778. The molecule has 0 amide bonds. The van der Waals surface area contributed by atoms with Gasteiger partial charge >= 0.3 is 0 Å². The summed E-state index contributed by atoms with van der Waals surface area (Å²) in [6.45, 7) is 11.5. The Labute approximate surface area is 236 Å². The maximum Gasteiger partial charge on any atom is 0.168 e. The normalized spacial score (nSPS) is 14.3. The van der Waals surface area contributed by atoms with E-state index in [0.29, 0.717) is 51.8 Å². The number of hydrogen-bond acceptors (Lipinski definition) is 8. The molecule has 7 N–H and O–H groups in total. The summed E-state index contributed by atoms with van der Waals surface area (Å²) in [4.78, 5) is 12.1. The Morgan fingerprint density at radius 2 is 1.10 bits per heavy atom. The van der Waals surface area contributed by atoms with Crippen molar-refractivity contribution in [2.45, 2.75) is 65.2 Å². The number of aliphatic imine (C=N–C) groups is 2. The minimum Gasteiger partial charge on any atom is -0.504 e. The lowest BCUT2D eigenvalue weighted by atomic mass is 9.79. The quantitative estimate of drug-likeness (QED) is 0.134. The summed E-state index contributed by atoms with van der Waals surface area (Å²) in [5, 5.41) is 68.7. The van der Waals surface area contributed by atoms with Gasteiger partial charge in [0.2, 0.25) is 0 Å². The Bertz CT molecular complexity index is 1870. The highest BCUT2D eigenvalue weighted by Gasteiger charge is 2.37. The van der Waals surface area contributed by atoms with Gasteiger partial charge in [-0.3, -0.25) is 9.98 Å². The Morgan fingerprint density at radius 1 is 0.585 bits per heavy atom. The average Bonchev–Trinajstić information content (AvgIpc) is 3.63. The van der Waals surface area contributed by atoms with E-state index in [2.05, 4.69) is 15.0 Å². The molecule has 9 nitrogen and oxygen atoms in total. The van der Waals surface area contributed by atoms with Crippen LogP contribution in [0.3, 0.4) is 0 Å². The van der Waals surface area contributed by atoms with Gasteiger partial charge in [-0.1, -0.05) is 41.5 Å². The number of aromatic nitrogens is 1. The van der Waals surface area contributed by atoms with E-state index in [9.17, 15) is 30.6 Å². The molecule has 0 atom stereocenters. The van der Waals surface area contributed by atoms with Crippen molar-refractivity contribution >= 4 is 34.7 Å². The Kier molecular flexibility index (Phi) is 5.46. The van der Waals surface area contributed by atoms with Crippen molar-refractivity contribution in [3.05, 3.63) is 34.5 Å². The highest BCUT2D eigenvalue weighted by molar-refractivity contribution is 6.14. The van der Waals surface area contributed by atoms with Gasteiger partial charge in [0.05, 0.1) is 28.0 Å². The first kappa shape index (κ1) is 26.6. The van der Waals surface area contributed by atoms with E-state index in [4.69, 9.17) is 0 Å². The lowest BCUT2D eigenvalue weighted by Gasteiger charge is -2.27. The molecule has 6 rings (SSSR count). The zero-order chi connectivity index (χ0) is 29.8. The topological polar surface area (TPSA) is 162 Å². The van der Waals surface area contributed by atoms with Crippen LogP contribution in [-0.2, 0) is 23.7 Å². The SMILES string of the molecule is CC(C)(C)c1c(O)c(O)c(-c2c(O)c(O)c(-c3c(O)c(O)c(C(C)(C)C)c4c3CC=N4)c3[nH]ccc23)c2c1CC=N2. The standard InChI is InChI=1S/C32H33N3O6/c1-31(2,3)20-15-9-12-34-23(15)19(28(39)29(20)40)16-13-7-10-33-22(13)18(27(38)25(16)36)17-14-8-11-35-24(14)21(32(4,5)6)30(41)26(17)37/h7,10-12,33,36-41H,8-9H2,1-6H3. The Balaban J connectivity index is 1.72. The molecule has 212 valence electrons. The van der Waals surface area contributed by atoms with Gasteiger partial charge in [0.25, 0.3) is 0 Å². The number of benzene rings is 3. The smallest absolute Gasteiger partial charge is 0.168 e. The summed E-state index contributed by atoms with van der Waals surface area (Å²) in [5.41, 5.74) is 2.98. The fourth-order valence-corrected chi connectivity index (χ4v) is 6.45. The van der Waals surface area contributed by atoms with Gasteiger partial charge in [-0.15, -0.1) is 0 Å². The molecule has 1 aromatic heterocycles. The van der Waals surface area contributed by atoms with Crippen LogP contribution >= 0.6 is 0 Å². The molecule has 0 radical (unpaired) electrons. The van der Waals surface area contributed by atoms with Gasteiger partial charge in [-0.2, -0.15) is 0 Å². The van der Waals surface area contributed by atoms with Crippen molar-refractivity contribution in [1.82, 2.24) is 4.98 Å². The van der Waals surface area contributed by atoms with Gasteiger partial charge in [-0.05, 0) is 28.0 Å². The molecule has 0 aliphatic carbocycles. The van der Waals surface area contributed by atoms with Crippen molar-refractivity contribution in [2.75, 3.05) is 0 Å². The second-order valence-corrected chi connectivity index (χ2v) is 12.8. The summed E-state index contributed by atoms with van der Waals surface area (Å²) in [6.07, 6.45) is 5.75. The number of H-pyrrole nitrogens is 1. The Hall–Kier alpha value is -4.66. The van der Waals surface area contributed by atoms with Gasteiger partial charge in [-0.25, -0.2) is 0 Å². The molecule has 0 spiro atoms. The molecule has 0 bridgehead atoms. The van der Waals surface area contributed by atoms with Crippen LogP contribution in [0.5, 0.6) is 34.5 Å². The number of rotatable bonds is 2. The van der Waals surface area contributed by atoms with E-state index in [-0.39, 0.29) is 33.8 Å². The van der Waals surface area contributed by atoms with Gasteiger partial charge in [0.1, 0.15) is 0 Å². The molecule has 2 aliphatic rings. The number of aromatic hydroxyl groups is 6. The monoisotopic (exact) mass is 555 g/mol. The highest BCUT2D eigenvalue weighted by Crippen LogP contribution is 2.61. The molecule has 0 fully saturated rings. The maximum atomic E-state index is 11.6. The van der Waals surface area contributed by atoms with Gasteiger partial charge < -0.3 is 35.6 Å². The molecule has 3 heterocycles. The van der Waals surface area contributed by atoms with Crippen LogP contribution < -0.4 is 0 Å². The first-order valence-corrected chi connectivity index (χ1v) is 13.5. The minimum atomic E-state index is -0.572. The van der Waals surface area contributed by atoms with E-state index < -0.39 is 33.8 Å². The second kappa shape index (κ2) is 8.42. The summed E-state index contributed by atoms with van der Waals surface area (Å²) in [7, 11) is 0. The van der Waals surface area contributed by atoms with Crippen molar-refractivity contribution in [3.63, 3.8) is 0 Å². The molecule has 0 saturated heterocycles. The molecule has 4 aromatic rings. The fourth-order valence-electron chi connectivity index (χ4n) is 6.45. The number of phenolic OH excluding ortho intramolecular Hbond substituents is 6. The average molecular weight is 556 g/mol. The number of phenols is 6. The predicted molar refractivity (Wildman–Crippen MR) is 160 cm³/mol. The zero-order valence-electron chi connectivity index (χ0n) is 23.8. The number of aromatic amines is 1. The van der Waals surface area contributed by atoms with E-state index in [0.717, 1.165) is 5.56 Å². The van der Waals surface area contributed by atoms with Gasteiger partial charge in [0.15, 0.2) is 34.5 Å². The van der Waals surface area contributed by atoms with Crippen LogP contribution in [-0.4, -0.2) is 48.1 Å². The van der Waals surface area contributed by atoms with Crippen molar-refractivity contribution in [2.24, 2.45) is 9.98 Å². The van der Waals surface area contributed by atoms with Crippen LogP contribution in [0.15, 0.2) is 22.2 Å². The molecular formula is C32H33N3O6. The van der Waals surface area contributed by atoms with Crippen LogP contribution in [0.2, 0.25) is 0 Å². The van der Waals surface area contributed by atoms with E-state index in [1.165, 1.54) is 0 Å². The van der Waals surface area contributed by atoms with E-state index in [1.54, 1.807) is 24.7 Å². The molecule has 9 heteroatoms. The Morgan fingerprint density at radius 3 is 1.73 bits per heavy atom. The molecular weight excluding hydrogens is 522 g/mol. The summed E-state index contributed by atoms with van der Waals surface area (Å²) < 4.78 is 0. The highest BCUT2D eigenvalue weighted by atomic mass is 16.3. The third-order valence-corrected chi connectivity index (χ3v) is 8.04. The number of nitrogens with one attached hydrogen (secondary N) is 1. The molecule has 2 aliphatic heterocycles. The van der Waals surface area contributed by atoms with Crippen LogP contribution in [0.25, 0.3) is 33.2 Å². The number of nitrogens with zero attached hydrogens (tertiary/aromatic N) is 2. The molecule has 0 saturated carbocycles. The number of fused-ring (bicyclic) bond motifs is 3. The lowest BCUT2D eigenvalue weighted by Crippen LogP contribution is -2.14. The predicted octanol–water partition coefficient (Wildman–Crippen LogP) is 6.85. The summed E-state index contributed by atoms with van der Waals surface area (Å²) >= 11 is 0. The maximum absolute atomic E-state index is 11.6. The zero-order valence-corrected chi connectivity index (χ0v) is 23.8. The second-order valence-electron chi connectivity index (χ2n) is 12.8. The fraction of sp³-hybridized carbons (Fsp3) is 0.312. The van der Waals surface area contributed by atoms with Gasteiger partial charge in [0, 0.05) is 59.1 Å².